The molecule has 0 spiro atoms. The van der Waals surface area contributed by atoms with Crippen LogP contribution in [0.5, 0.6) is 0 Å². The van der Waals surface area contributed by atoms with Gasteiger partial charge in [-0.3, -0.25) is 0 Å². The quantitative estimate of drug-likeness (QED) is 0.633. The lowest BCUT2D eigenvalue weighted by Gasteiger charge is -2.10. The van der Waals surface area contributed by atoms with Crippen molar-refractivity contribution in [3.05, 3.63) is 33.3 Å². The van der Waals surface area contributed by atoms with Crippen molar-refractivity contribution in [1.82, 2.24) is 0 Å². The molecule has 0 nitrogen and oxygen atoms in total. The molecular weight excluding hydrogens is 191 g/mol. The number of halogens is 2. The lowest BCUT2D eigenvalue weighted by molar-refractivity contribution is 0.865. The van der Waals surface area contributed by atoms with Crippen LogP contribution in [0.25, 0.3) is 0 Å². The van der Waals surface area contributed by atoms with E-state index in [9.17, 15) is 0 Å². The molecule has 0 aliphatic heterocycles. The van der Waals surface area contributed by atoms with Gasteiger partial charge < -0.3 is 0 Å². The zero-order valence-corrected chi connectivity index (χ0v) is 9.00. The largest absolute Gasteiger partial charge is 0.0843 e. The third-order valence-electron chi connectivity index (χ3n) is 1.87. The van der Waals surface area contributed by atoms with Gasteiger partial charge in [-0.25, -0.2) is 0 Å². The van der Waals surface area contributed by atoms with Crippen molar-refractivity contribution < 1.29 is 0 Å². The lowest BCUT2D eigenvalue weighted by atomic mass is 10.0. The molecule has 0 saturated carbocycles. The Morgan fingerprint density at radius 3 is 2.25 bits per heavy atom. The maximum atomic E-state index is 6.10. The molecular formula is C10H12Cl2. The topological polar surface area (TPSA) is 0 Å². The summed E-state index contributed by atoms with van der Waals surface area (Å²) in [7, 11) is 0. The van der Waals surface area contributed by atoms with Crippen LogP contribution in [-0.2, 0) is 0 Å². The predicted molar refractivity (Wildman–Crippen MR) is 55.3 cm³/mol. The second-order valence-electron chi connectivity index (χ2n) is 3.28. The minimum atomic E-state index is 0.426. The highest BCUT2D eigenvalue weighted by Crippen LogP contribution is 2.30. The van der Waals surface area contributed by atoms with Crippen LogP contribution in [0, 0.1) is 6.92 Å². The Morgan fingerprint density at radius 1 is 1.17 bits per heavy atom. The predicted octanol–water partition coefficient (Wildman–Crippen LogP) is 4.43. The van der Waals surface area contributed by atoms with Gasteiger partial charge in [-0.2, -0.15) is 0 Å². The Labute approximate surface area is 83.5 Å². The van der Waals surface area contributed by atoms with Crippen LogP contribution in [0.1, 0.15) is 30.9 Å². The van der Waals surface area contributed by atoms with Crippen LogP contribution in [0.3, 0.4) is 0 Å². The normalized spacial score (nSPS) is 10.8. The Hall–Kier alpha value is -0.200. The molecule has 0 fully saturated rings. The van der Waals surface area contributed by atoms with Gasteiger partial charge in [0.05, 0.1) is 0 Å². The van der Waals surface area contributed by atoms with E-state index in [1.54, 1.807) is 0 Å². The Bertz CT molecular complexity index is 290. The lowest BCUT2D eigenvalue weighted by Crippen LogP contribution is -1.91. The summed E-state index contributed by atoms with van der Waals surface area (Å²) in [6.07, 6.45) is 0. The van der Waals surface area contributed by atoms with Gasteiger partial charge in [0.2, 0.25) is 0 Å². The summed E-state index contributed by atoms with van der Waals surface area (Å²) < 4.78 is 0. The average molecular weight is 203 g/mol. The van der Waals surface area contributed by atoms with E-state index in [-0.39, 0.29) is 0 Å². The fraction of sp³-hybridized carbons (Fsp3) is 0.400. The molecule has 1 aromatic carbocycles. The summed E-state index contributed by atoms with van der Waals surface area (Å²) in [4.78, 5) is 0. The molecule has 0 aromatic heterocycles. The van der Waals surface area contributed by atoms with Gasteiger partial charge in [0.25, 0.3) is 0 Å². The van der Waals surface area contributed by atoms with Crippen molar-refractivity contribution in [3.8, 4) is 0 Å². The first-order valence-electron chi connectivity index (χ1n) is 3.98. The summed E-state index contributed by atoms with van der Waals surface area (Å²) in [6, 6.07) is 3.82. The maximum Gasteiger partial charge on any atom is 0.0470 e. The minimum absolute atomic E-state index is 0.426. The highest BCUT2D eigenvalue weighted by Gasteiger charge is 2.08. The number of aryl methyl sites for hydroxylation is 1. The summed E-state index contributed by atoms with van der Waals surface area (Å²) in [5, 5.41) is 1.61. The molecule has 66 valence electrons. The van der Waals surface area contributed by atoms with Gasteiger partial charge in [-0.1, -0.05) is 37.0 Å². The molecule has 2 heteroatoms. The van der Waals surface area contributed by atoms with Gasteiger partial charge in [0.15, 0.2) is 0 Å². The molecule has 0 radical (unpaired) electrons. The van der Waals surface area contributed by atoms with Crippen molar-refractivity contribution >= 4 is 23.2 Å². The summed E-state index contributed by atoms with van der Waals surface area (Å²) in [5.41, 5.74) is 2.18. The molecule has 1 aromatic rings. The molecule has 1 rings (SSSR count). The van der Waals surface area contributed by atoms with E-state index in [0.717, 1.165) is 21.2 Å². The van der Waals surface area contributed by atoms with Gasteiger partial charge in [0.1, 0.15) is 0 Å². The van der Waals surface area contributed by atoms with E-state index >= 15 is 0 Å². The molecule has 0 heterocycles. The molecule has 0 bridgehead atoms. The first kappa shape index (κ1) is 9.88. The Morgan fingerprint density at radius 2 is 1.75 bits per heavy atom. The van der Waals surface area contributed by atoms with Gasteiger partial charge in [-0.05, 0) is 36.1 Å². The molecule has 12 heavy (non-hydrogen) atoms. The fourth-order valence-corrected chi connectivity index (χ4v) is 1.78. The number of benzene rings is 1. The number of rotatable bonds is 1. The molecule has 0 atom stereocenters. The van der Waals surface area contributed by atoms with Crippen LogP contribution in [0.15, 0.2) is 12.1 Å². The van der Waals surface area contributed by atoms with Crippen molar-refractivity contribution in [2.75, 3.05) is 0 Å². The first-order valence-corrected chi connectivity index (χ1v) is 4.73. The van der Waals surface area contributed by atoms with E-state index in [4.69, 9.17) is 23.2 Å². The Kier molecular flexibility index (Phi) is 3.03. The van der Waals surface area contributed by atoms with Crippen molar-refractivity contribution in [1.29, 1.82) is 0 Å². The summed E-state index contributed by atoms with van der Waals surface area (Å²) >= 11 is 12.0. The highest BCUT2D eigenvalue weighted by molar-refractivity contribution is 6.34. The van der Waals surface area contributed by atoms with Gasteiger partial charge in [-0.15, -0.1) is 0 Å². The molecule has 0 N–H and O–H groups in total. The van der Waals surface area contributed by atoms with E-state index < -0.39 is 0 Å². The van der Waals surface area contributed by atoms with E-state index in [1.165, 1.54) is 0 Å². The second kappa shape index (κ2) is 3.68. The maximum absolute atomic E-state index is 6.10. The Balaban J connectivity index is 3.28. The van der Waals surface area contributed by atoms with E-state index in [0.29, 0.717) is 5.92 Å². The monoisotopic (exact) mass is 202 g/mol. The third-order valence-corrected chi connectivity index (χ3v) is 2.60. The van der Waals surface area contributed by atoms with Gasteiger partial charge >= 0.3 is 0 Å². The zero-order valence-electron chi connectivity index (χ0n) is 7.49. The molecule has 0 amide bonds. The number of hydrogen-bond donors (Lipinski definition) is 0. The average Bonchev–Trinajstić information content (AvgIpc) is 1.96. The fourth-order valence-electron chi connectivity index (χ4n) is 1.17. The van der Waals surface area contributed by atoms with Crippen LogP contribution in [-0.4, -0.2) is 0 Å². The molecule has 0 unspecified atom stereocenters. The zero-order chi connectivity index (χ0) is 9.30. The number of hydrogen-bond acceptors (Lipinski definition) is 0. The van der Waals surface area contributed by atoms with Crippen LogP contribution < -0.4 is 0 Å². The van der Waals surface area contributed by atoms with Crippen LogP contribution in [0.4, 0.5) is 0 Å². The van der Waals surface area contributed by atoms with Crippen LogP contribution >= 0.6 is 23.2 Å². The molecule has 0 aliphatic rings. The minimum Gasteiger partial charge on any atom is -0.0843 e. The van der Waals surface area contributed by atoms with E-state index in [2.05, 4.69) is 13.8 Å². The molecule has 0 saturated heterocycles. The standard InChI is InChI=1S/C10H12Cl2/c1-6(2)9-5-8(11)4-7(3)10(9)12/h4-6H,1-3H3. The third kappa shape index (κ3) is 1.94. The van der Waals surface area contributed by atoms with Crippen LogP contribution in [0.2, 0.25) is 10.0 Å². The summed E-state index contributed by atoms with van der Waals surface area (Å²) in [6.45, 7) is 6.19. The first-order chi connectivity index (χ1) is 5.52. The SMILES string of the molecule is Cc1cc(Cl)cc(C(C)C)c1Cl. The van der Waals surface area contributed by atoms with Crippen molar-refractivity contribution in [2.45, 2.75) is 26.7 Å². The molecule has 0 aliphatic carbocycles. The smallest absolute Gasteiger partial charge is 0.0470 e. The highest BCUT2D eigenvalue weighted by atomic mass is 35.5. The second-order valence-corrected chi connectivity index (χ2v) is 4.09. The summed E-state index contributed by atoms with van der Waals surface area (Å²) in [5.74, 6) is 0.426. The van der Waals surface area contributed by atoms with Crippen molar-refractivity contribution in [3.63, 3.8) is 0 Å². The van der Waals surface area contributed by atoms with E-state index in [1.807, 2.05) is 19.1 Å². The van der Waals surface area contributed by atoms with Gasteiger partial charge in [0, 0.05) is 10.0 Å². The van der Waals surface area contributed by atoms with Crippen molar-refractivity contribution in [2.24, 2.45) is 0 Å².